The van der Waals surface area contributed by atoms with Crippen molar-refractivity contribution in [2.24, 2.45) is 0 Å². The zero-order chi connectivity index (χ0) is 21.8. The SMILES string of the molecule is O=C(CSc1nnc([C@H]2COc3ccccc3O2)o1)N[C@@H](c1ccccc1)c1cccs1. The van der Waals surface area contributed by atoms with E-state index in [2.05, 4.69) is 15.5 Å². The quantitative estimate of drug-likeness (QED) is 0.398. The molecule has 3 heterocycles. The molecule has 2 atom stereocenters. The summed E-state index contributed by atoms with van der Waals surface area (Å²) in [5.74, 6) is 1.68. The molecule has 1 aliphatic rings. The number of aromatic nitrogens is 2. The lowest BCUT2D eigenvalue weighted by Gasteiger charge is -2.23. The topological polar surface area (TPSA) is 86.5 Å². The lowest BCUT2D eigenvalue weighted by molar-refractivity contribution is -0.119. The predicted molar refractivity (Wildman–Crippen MR) is 121 cm³/mol. The fourth-order valence-electron chi connectivity index (χ4n) is 3.30. The Morgan fingerprint density at radius 1 is 1.06 bits per heavy atom. The van der Waals surface area contributed by atoms with Crippen molar-refractivity contribution >= 4 is 29.0 Å². The van der Waals surface area contributed by atoms with Crippen LogP contribution in [0.1, 0.15) is 28.5 Å². The van der Waals surface area contributed by atoms with Crippen LogP contribution in [-0.4, -0.2) is 28.5 Å². The third-order valence-corrected chi connectivity index (χ3v) is 6.55. The van der Waals surface area contributed by atoms with E-state index in [1.165, 1.54) is 11.8 Å². The summed E-state index contributed by atoms with van der Waals surface area (Å²) in [6, 6.07) is 21.1. The molecule has 32 heavy (non-hydrogen) atoms. The van der Waals surface area contributed by atoms with Crippen molar-refractivity contribution in [3.63, 3.8) is 0 Å². The average Bonchev–Trinajstić information content (AvgIpc) is 3.54. The molecule has 5 rings (SSSR count). The molecule has 0 saturated heterocycles. The first-order chi connectivity index (χ1) is 15.8. The van der Waals surface area contributed by atoms with E-state index in [0.29, 0.717) is 22.6 Å². The Kier molecular flexibility index (Phi) is 6.09. The van der Waals surface area contributed by atoms with Crippen molar-refractivity contribution in [1.29, 1.82) is 0 Å². The second-order valence-corrected chi connectivity index (χ2v) is 8.89. The molecule has 0 fully saturated rings. The van der Waals surface area contributed by atoms with Crippen molar-refractivity contribution in [1.82, 2.24) is 15.5 Å². The number of hydrogen-bond acceptors (Lipinski definition) is 8. The fraction of sp³-hybridized carbons (Fsp3) is 0.174. The van der Waals surface area contributed by atoms with Crippen molar-refractivity contribution in [2.75, 3.05) is 12.4 Å². The van der Waals surface area contributed by atoms with Gasteiger partial charge < -0.3 is 19.2 Å². The van der Waals surface area contributed by atoms with Gasteiger partial charge in [0.25, 0.3) is 11.1 Å². The number of benzene rings is 2. The number of nitrogens with one attached hydrogen (secondary N) is 1. The van der Waals surface area contributed by atoms with Gasteiger partial charge in [-0.05, 0) is 29.1 Å². The second-order valence-electron chi connectivity index (χ2n) is 6.99. The first-order valence-electron chi connectivity index (χ1n) is 9.98. The van der Waals surface area contributed by atoms with Gasteiger partial charge in [-0.15, -0.1) is 21.5 Å². The molecule has 0 radical (unpaired) electrons. The lowest BCUT2D eigenvalue weighted by Crippen LogP contribution is -2.30. The van der Waals surface area contributed by atoms with Gasteiger partial charge in [-0.2, -0.15) is 0 Å². The molecule has 0 aliphatic carbocycles. The molecule has 0 bridgehead atoms. The van der Waals surface area contributed by atoms with E-state index >= 15 is 0 Å². The van der Waals surface area contributed by atoms with Crippen LogP contribution in [-0.2, 0) is 4.79 Å². The van der Waals surface area contributed by atoms with Crippen LogP contribution in [0.5, 0.6) is 11.5 Å². The summed E-state index contributed by atoms with van der Waals surface area (Å²) in [5, 5.41) is 13.5. The van der Waals surface area contributed by atoms with E-state index in [-0.39, 0.29) is 24.3 Å². The normalized spacial score (nSPS) is 15.8. The summed E-state index contributed by atoms with van der Waals surface area (Å²) < 4.78 is 17.3. The van der Waals surface area contributed by atoms with Crippen molar-refractivity contribution in [2.45, 2.75) is 17.4 Å². The third-order valence-electron chi connectivity index (χ3n) is 4.80. The zero-order valence-corrected chi connectivity index (χ0v) is 18.5. The van der Waals surface area contributed by atoms with Gasteiger partial charge >= 0.3 is 0 Å². The number of rotatable bonds is 7. The lowest BCUT2D eigenvalue weighted by atomic mass is 10.1. The van der Waals surface area contributed by atoms with E-state index < -0.39 is 6.10 Å². The van der Waals surface area contributed by atoms with Gasteiger partial charge in [0.2, 0.25) is 12.0 Å². The standard InChI is InChI=1S/C23H19N3O4S2/c27-20(24-21(19-11-6-12-31-19)15-7-2-1-3-8-15)14-32-23-26-25-22(30-23)18-13-28-16-9-4-5-10-17(16)29-18/h1-12,18,21H,13-14H2,(H,24,27)/t18-,21+/m1/s1. The molecule has 2 aromatic carbocycles. The average molecular weight is 466 g/mol. The number of fused-ring (bicyclic) bond motifs is 1. The number of hydrogen-bond donors (Lipinski definition) is 1. The number of thiophene rings is 1. The van der Waals surface area contributed by atoms with E-state index in [9.17, 15) is 4.79 Å². The molecule has 1 amide bonds. The monoisotopic (exact) mass is 465 g/mol. The molecule has 7 nitrogen and oxygen atoms in total. The van der Waals surface area contributed by atoms with Gasteiger partial charge in [0, 0.05) is 4.88 Å². The number of amides is 1. The van der Waals surface area contributed by atoms with Crippen LogP contribution in [0, 0.1) is 0 Å². The Hall–Kier alpha value is -3.30. The van der Waals surface area contributed by atoms with Crippen molar-refractivity contribution < 1.29 is 18.7 Å². The van der Waals surface area contributed by atoms with Gasteiger partial charge in [0.1, 0.15) is 6.61 Å². The van der Waals surface area contributed by atoms with Crippen LogP contribution in [0.25, 0.3) is 0 Å². The molecule has 9 heteroatoms. The van der Waals surface area contributed by atoms with Gasteiger partial charge in [0.05, 0.1) is 11.8 Å². The fourth-order valence-corrected chi connectivity index (χ4v) is 4.68. The molecular formula is C23H19N3O4S2. The van der Waals surface area contributed by atoms with E-state index in [1.54, 1.807) is 11.3 Å². The highest BCUT2D eigenvalue weighted by atomic mass is 32.2. The predicted octanol–water partition coefficient (Wildman–Crippen LogP) is 4.64. The minimum atomic E-state index is -0.484. The number of nitrogens with zero attached hydrogens (tertiary/aromatic N) is 2. The molecule has 162 valence electrons. The van der Waals surface area contributed by atoms with Gasteiger partial charge in [-0.3, -0.25) is 4.79 Å². The molecule has 1 N–H and O–H groups in total. The minimum Gasteiger partial charge on any atom is -0.485 e. The Labute approximate surface area is 192 Å². The van der Waals surface area contributed by atoms with E-state index in [4.69, 9.17) is 13.9 Å². The number of para-hydroxylation sites is 2. The molecule has 0 saturated carbocycles. The summed E-state index contributed by atoms with van der Waals surface area (Å²) in [5.41, 5.74) is 1.03. The summed E-state index contributed by atoms with van der Waals surface area (Å²) in [4.78, 5) is 13.8. The number of carbonyl (C=O) groups is 1. The summed E-state index contributed by atoms with van der Waals surface area (Å²) >= 11 is 2.80. The van der Waals surface area contributed by atoms with E-state index in [1.807, 2.05) is 72.1 Å². The van der Waals surface area contributed by atoms with Crippen LogP contribution in [0.2, 0.25) is 0 Å². The van der Waals surface area contributed by atoms with Crippen LogP contribution in [0.4, 0.5) is 0 Å². The van der Waals surface area contributed by atoms with Crippen LogP contribution < -0.4 is 14.8 Å². The molecule has 2 aromatic heterocycles. The van der Waals surface area contributed by atoms with Crippen LogP contribution in [0.3, 0.4) is 0 Å². The van der Waals surface area contributed by atoms with Gasteiger partial charge in [-0.1, -0.05) is 60.3 Å². The molecule has 0 spiro atoms. The molecule has 1 aliphatic heterocycles. The largest absolute Gasteiger partial charge is 0.485 e. The van der Waals surface area contributed by atoms with E-state index in [0.717, 1.165) is 10.4 Å². The Bertz CT molecular complexity index is 1180. The maximum absolute atomic E-state index is 12.7. The molecule has 4 aromatic rings. The highest BCUT2D eigenvalue weighted by Crippen LogP contribution is 2.36. The summed E-state index contributed by atoms with van der Waals surface area (Å²) in [6.45, 7) is 0.281. The highest BCUT2D eigenvalue weighted by molar-refractivity contribution is 7.99. The maximum atomic E-state index is 12.7. The first-order valence-corrected chi connectivity index (χ1v) is 11.8. The second kappa shape index (κ2) is 9.46. The van der Waals surface area contributed by atoms with Crippen LogP contribution in [0.15, 0.2) is 81.8 Å². The third kappa shape index (κ3) is 4.63. The smallest absolute Gasteiger partial charge is 0.277 e. The van der Waals surface area contributed by atoms with Crippen molar-refractivity contribution in [3.8, 4) is 11.5 Å². The number of carbonyl (C=O) groups excluding carboxylic acids is 1. The highest BCUT2D eigenvalue weighted by Gasteiger charge is 2.27. The number of thioether (sulfide) groups is 1. The summed E-state index contributed by atoms with van der Waals surface area (Å²) in [7, 11) is 0. The Balaban J connectivity index is 1.20. The van der Waals surface area contributed by atoms with Crippen LogP contribution >= 0.6 is 23.1 Å². The zero-order valence-electron chi connectivity index (χ0n) is 16.8. The maximum Gasteiger partial charge on any atom is 0.277 e. The minimum absolute atomic E-state index is 0.122. The van der Waals surface area contributed by atoms with Crippen molar-refractivity contribution in [3.05, 3.63) is 88.4 Å². The Morgan fingerprint density at radius 2 is 1.88 bits per heavy atom. The molecule has 0 unspecified atom stereocenters. The Morgan fingerprint density at radius 3 is 2.69 bits per heavy atom. The van der Waals surface area contributed by atoms with Gasteiger partial charge in [0.15, 0.2) is 11.5 Å². The molecular weight excluding hydrogens is 446 g/mol. The first kappa shape index (κ1) is 20.6. The number of ether oxygens (including phenoxy) is 2. The summed E-state index contributed by atoms with van der Waals surface area (Å²) in [6.07, 6.45) is -0.484. The van der Waals surface area contributed by atoms with Gasteiger partial charge in [-0.25, -0.2) is 0 Å².